The first-order valence-corrected chi connectivity index (χ1v) is 9.20. The second kappa shape index (κ2) is 9.63. The molecule has 0 atom stereocenters. The molecule has 1 aromatic carbocycles. The summed E-state index contributed by atoms with van der Waals surface area (Å²) < 4.78 is 5.27. The highest BCUT2D eigenvalue weighted by Crippen LogP contribution is 2.17. The predicted molar refractivity (Wildman–Crippen MR) is 97.0 cm³/mol. The van der Waals surface area contributed by atoms with Gasteiger partial charge in [-0.1, -0.05) is 18.2 Å². The molecule has 2 rings (SSSR count). The number of piperidine rings is 1. The number of carbonyl (C=O) groups is 1. The number of thioether (sulfide) groups is 1. The van der Waals surface area contributed by atoms with Crippen LogP contribution >= 0.6 is 11.8 Å². The largest absolute Gasteiger partial charge is 0.497 e. The summed E-state index contributed by atoms with van der Waals surface area (Å²) in [5, 5.41) is 3.14. The molecule has 0 aliphatic carbocycles. The summed E-state index contributed by atoms with van der Waals surface area (Å²) in [6.07, 6.45) is 3.86. The van der Waals surface area contributed by atoms with Crippen LogP contribution in [0.5, 0.6) is 5.75 Å². The minimum Gasteiger partial charge on any atom is -0.497 e. The Morgan fingerprint density at radius 1 is 1.48 bits per heavy atom. The summed E-state index contributed by atoms with van der Waals surface area (Å²) in [7, 11) is 1.70. The average molecular weight is 334 g/mol. The zero-order valence-corrected chi connectivity index (χ0v) is 14.6. The van der Waals surface area contributed by atoms with E-state index < -0.39 is 0 Å². The number of ether oxygens (including phenoxy) is 1. The Morgan fingerprint density at radius 2 is 2.26 bits per heavy atom. The second-order valence-corrected chi connectivity index (χ2v) is 6.80. The third-order valence-corrected chi connectivity index (χ3v) is 4.90. The number of hydrogen-bond acceptors (Lipinski definition) is 4. The molecule has 1 N–H and O–H groups in total. The smallest absolute Gasteiger partial charge is 0.230 e. The van der Waals surface area contributed by atoms with Crippen molar-refractivity contribution in [3.63, 3.8) is 0 Å². The van der Waals surface area contributed by atoms with Crippen molar-refractivity contribution in [2.24, 2.45) is 0 Å². The molecular weight excluding hydrogens is 308 g/mol. The lowest BCUT2D eigenvalue weighted by molar-refractivity contribution is -0.119. The molecule has 0 spiro atoms. The Hall–Kier alpha value is -1.46. The average Bonchev–Trinajstić information content (AvgIpc) is 2.57. The van der Waals surface area contributed by atoms with Gasteiger partial charge in [0.2, 0.25) is 5.91 Å². The number of likely N-dealkylation sites (tertiary alicyclic amines) is 1. The number of nitrogens with one attached hydrogen (secondary N) is 1. The van der Waals surface area contributed by atoms with Gasteiger partial charge in [0.25, 0.3) is 0 Å². The fourth-order valence-electron chi connectivity index (χ4n) is 2.77. The first-order valence-electron chi connectivity index (χ1n) is 8.04. The van der Waals surface area contributed by atoms with Gasteiger partial charge in [-0.3, -0.25) is 9.69 Å². The molecule has 0 unspecified atom stereocenters. The molecular formula is C18H26N2O2S. The van der Waals surface area contributed by atoms with E-state index in [0.717, 1.165) is 44.0 Å². The lowest BCUT2D eigenvalue weighted by Crippen LogP contribution is -2.44. The van der Waals surface area contributed by atoms with Gasteiger partial charge in [0, 0.05) is 31.4 Å². The molecule has 1 fully saturated rings. The van der Waals surface area contributed by atoms with Gasteiger partial charge in [-0.05, 0) is 30.5 Å². The van der Waals surface area contributed by atoms with Crippen molar-refractivity contribution in [3.8, 4) is 5.75 Å². The maximum atomic E-state index is 11.8. The quantitative estimate of drug-likeness (QED) is 0.586. The highest BCUT2D eigenvalue weighted by molar-refractivity contribution is 8.00. The van der Waals surface area contributed by atoms with Crippen LogP contribution in [0.15, 0.2) is 36.9 Å². The zero-order chi connectivity index (χ0) is 16.5. The maximum absolute atomic E-state index is 11.8. The molecule has 0 aromatic heterocycles. The van der Waals surface area contributed by atoms with Crippen molar-refractivity contribution in [1.82, 2.24) is 10.2 Å². The summed E-state index contributed by atoms with van der Waals surface area (Å²) in [6.45, 7) is 6.63. The number of benzene rings is 1. The van der Waals surface area contributed by atoms with E-state index in [-0.39, 0.29) is 5.91 Å². The molecule has 5 heteroatoms. The number of amides is 1. The van der Waals surface area contributed by atoms with E-state index in [2.05, 4.69) is 28.9 Å². The zero-order valence-electron chi connectivity index (χ0n) is 13.8. The fourth-order valence-corrected chi connectivity index (χ4v) is 3.32. The molecule has 1 heterocycles. The van der Waals surface area contributed by atoms with E-state index in [0.29, 0.717) is 11.8 Å². The van der Waals surface area contributed by atoms with Crippen molar-refractivity contribution in [2.75, 3.05) is 31.7 Å². The first-order chi connectivity index (χ1) is 11.2. The Balaban J connectivity index is 1.71. The Kier molecular flexibility index (Phi) is 7.49. The van der Waals surface area contributed by atoms with E-state index in [1.54, 1.807) is 18.9 Å². The minimum atomic E-state index is 0.142. The van der Waals surface area contributed by atoms with Gasteiger partial charge in [-0.25, -0.2) is 0 Å². The molecule has 1 amide bonds. The SMILES string of the molecule is C=CCSCC(=O)NC1CCN(Cc2cccc(OC)c2)CC1. The standard InChI is InChI=1S/C18H26N2O2S/c1-3-11-23-14-18(21)19-16-7-9-20(10-8-16)13-15-5-4-6-17(12-15)22-2/h3-6,12,16H,1,7-11,13-14H2,2H3,(H,19,21). The topological polar surface area (TPSA) is 41.6 Å². The number of rotatable bonds is 8. The molecule has 1 aromatic rings. The molecule has 1 saturated heterocycles. The van der Waals surface area contributed by atoms with E-state index in [9.17, 15) is 4.79 Å². The van der Waals surface area contributed by atoms with Crippen LogP contribution < -0.4 is 10.1 Å². The highest BCUT2D eigenvalue weighted by Gasteiger charge is 2.20. The van der Waals surface area contributed by atoms with Crippen LogP contribution in [-0.4, -0.2) is 48.6 Å². The first kappa shape index (κ1) is 17.9. The highest BCUT2D eigenvalue weighted by atomic mass is 32.2. The number of nitrogens with zero attached hydrogens (tertiary/aromatic N) is 1. The van der Waals surface area contributed by atoms with Gasteiger partial charge in [0.15, 0.2) is 0 Å². The summed E-state index contributed by atoms with van der Waals surface area (Å²) in [5.41, 5.74) is 1.27. The summed E-state index contributed by atoms with van der Waals surface area (Å²) in [5.74, 6) is 2.40. The van der Waals surface area contributed by atoms with Crippen molar-refractivity contribution in [2.45, 2.75) is 25.4 Å². The summed E-state index contributed by atoms with van der Waals surface area (Å²) in [4.78, 5) is 14.3. The van der Waals surface area contributed by atoms with Crippen LogP contribution in [0, 0.1) is 0 Å². The predicted octanol–water partition coefficient (Wildman–Crippen LogP) is 2.70. The third kappa shape index (κ3) is 6.28. The number of carbonyl (C=O) groups excluding carboxylic acids is 1. The Labute approximate surface area is 143 Å². The van der Waals surface area contributed by atoms with Gasteiger partial charge >= 0.3 is 0 Å². The second-order valence-electron chi connectivity index (χ2n) is 5.77. The summed E-state index contributed by atoms with van der Waals surface area (Å²) in [6, 6.07) is 8.53. The number of hydrogen-bond donors (Lipinski definition) is 1. The van der Waals surface area contributed by atoms with Gasteiger partial charge in [-0.15, -0.1) is 18.3 Å². The van der Waals surface area contributed by atoms with Crippen LogP contribution in [0.25, 0.3) is 0 Å². The van der Waals surface area contributed by atoms with E-state index in [1.807, 2.05) is 18.2 Å². The molecule has 23 heavy (non-hydrogen) atoms. The molecule has 0 bridgehead atoms. The van der Waals surface area contributed by atoms with Crippen LogP contribution in [0.1, 0.15) is 18.4 Å². The lowest BCUT2D eigenvalue weighted by Gasteiger charge is -2.32. The Bertz CT molecular complexity index is 513. The van der Waals surface area contributed by atoms with E-state index in [4.69, 9.17) is 4.74 Å². The van der Waals surface area contributed by atoms with Crippen LogP contribution in [-0.2, 0) is 11.3 Å². The van der Waals surface area contributed by atoms with Crippen molar-refractivity contribution >= 4 is 17.7 Å². The van der Waals surface area contributed by atoms with Crippen molar-refractivity contribution in [3.05, 3.63) is 42.5 Å². The van der Waals surface area contributed by atoms with E-state index >= 15 is 0 Å². The van der Waals surface area contributed by atoms with Crippen LogP contribution in [0.4, 0.5) is 0 Å². The Morgan fingerprint density at radius 3 is 2.96 bits per heavy atom. The van der Waals surface area contributed by atoms with Gasteiger partial charge < -0.3 is 10.1 Å². The molecule has 0 radical (unpaired) electrons. The van der Waals surface area contributed by atoms with Crippen LogP contribution in [0.3, 0.4) is 0 Å². The van der Waals surface area contributed by atoms with Crippen molar-refractivity contribution in [1.29, 1.82) is 0 Å². The summed E-state index contributed by atoms with van der Waals surface area (Å²) >= 11 is 1.60. The van der Waals surface area contributed by atoms with Crippen molar-refractivity contribution < 1.29 is 9.53 Å². The molecule has 1 aliphatic rings. The molecule has 0 saturated carbocycles. The van der Waals surface area contributed by atoms with Gasteiger partial charge in [-0.2, -0.15) is 0 Å². The van der Waals surface area contributed by atoms with Gasteiger partial charge in [0.1, 0.15) is 5.75 Å². The number of methoxy groups -OCH3 is 1. The van der Waals surface area contributed by atoms with E-state index in [1.165, 1.54) is 5.56 Å². The lowest BCUT2D eigenvalue weighted by atomic mass is 10.0. The minimum absolute atomic E-state index is 0.142. The monoisotopic (exact) mass is 334 g/mol. The maximum Gasteiger partial charge on any atom is 0.230 e. The fraction of sp³-hybridized carbons (Fsp3) is 0.500. The third-order valence-electron chi connectivity index (χ3n) is 3.96. The molecule has 4 nitrogen and oxygen atoms in total. The van der Waals surface area contributed by atoms with Gasteiger partial charge in [0.05, 0.1) is 12.9 Å². The molecule has 1 aliphatic heterocycles. The normalized spacial score (nSPS) is 16.0. The molecule has 126 valence electrons. The van der Waals surface area contributed by atoms with Crippen LogP contribution in [0.2, 0.25) is 0 Å².